The van der Waals surface area contributed by atoms with Crippen LogP contribution in [0, 0.1) is 5.82 Å². The summed E-state index contributed by atoms with van der Waals surface area (Å²) in [5.41, 5.74) is 0.244. The molecule has 0 amide bonds. The van der Waals surface area contributed by atoms with Gasteiger partial charge in [-0.25, -0.2) is 14.4 Å². The van der Waals surface area contributed by atoms with Gasteiger partial charge >= 0.3 is 6.18 Å². The van der Waals surface area contributed by atoms with Crippen molar-refractivity contribution in [3.05, 3.63) is 54.0 Å². The van der Waals surface area contributed by atoms with Crippen LogP contribution in [0.3, 0.4) is 0 Å². The summed E-state index contributed by atoms with van der Waals surface area (Å²) in [6.45, 7) is 4.24. The standard InChI is InChI=1S/C26H30F4N6O2/c1-3-9-36(14-15-37)25-32-21(18-6-7-22(38-2)20(27)16-18)17-23(33-25)34-10-12-35(13-11-34)24-19(26(28,29)30)5-4-8-31-24/h4-8,16-17,37H,3,9-15H2,1-2H3. The first-order valence-corrected chi connectivity index (χ1v) is 12.4. The fourth-order valence-electron chi connectivity index (χ4n) is 4.42. The Morgan fingerprint density at radius 3 is 2.39 bits per heavy atom. The smallest absolute Gasteiger partial charge is 0.419 e. The summed E-state index contributed by atoms with van der Waals surface area (Å²) in [4.78, 5) is 18.8. The summed E-state index contributed by atoms with van der Waals surface area (Å²) in [5.74, 6) is 0.444. The minimum absolute atomic E-state index is 0.0884. The van der Waals surface area contributed by atoms with Gasteiger partial charge in [-0.05, 0) is 36.8 Å². The number of aliphatic hydroxyl groups excluding tert-OH is 1. The predicted octanol–water partition coefficient (Wildman–Crippen LogP) is 4.24. The Bertz CT molecular complexity index is 1230. The number of piperazine rings is 1. The molecule has 1 aliphatic heterocycles. The number of hydrogen-bond donors (Lipinski definition) is 1. The molecule has 0 atom stereocenters. The van der Waals surface area contributed by atoms with Gasteiger partial charge in [0.25, 0.3) is 0 Å². The molecule has 12 heteroatoms. The molecule has 0 spiro atoms. The molecule has 0 saturated carbocycles. The van der Waals surface area contributed by atoms with Crippen molar-refractivity contribution in [2.45, 2.75) is 19.5 Å². The maximum Gasteiger partial charge on any atom is 0.419 e. The minimum atomic E-state index is -4.50. The van der Waals surface area contributed by atoms with Gasteiger partial charge in [0.1, 0.15) is 11.6 Å². The Hall–Kier alpha value is -3.67. The third-order valence-corrected chi connectivity index (χ3v) is 6.29. The highest BCUT2D eigenvalue weighted by Gasteiger charge is 2.36. The summed E-state index contributed by atoms with van der Waals surface area (Å²) >= 11 is 0. The molecular formula is C26H30F4N6O2. The zero-order chi connectivity index (χ0) is 27.3. The van der Waals surface area contributed by atoms with Crippen LogP contribution in [0.5, 0.6) is 5.75 Å². The average molecular weight is 535 g/mol. The van der Waals surface area contributed by atoms with Crippen molar-refractivity contribution < 1.29 is 27.4 Å². The quantitative estimate of drug-likeness (QED) is 0.409. The van der Waals surface area contributed by atoms with Gasteiger partial charge in [0.05, 0.1) is 25.0 Å². The van der Waals surface area contributed by atoms with Gasteiger partial charge in [-0.15, -0.1) is 0 Å². The highest BCUT2D eigenvalue weighted by Crippen LogP contribution is 2.36. The molecule has 8 nitrogen and oxygen atoms in total. The number of rotatable bonds is 9. The lowest BCUT2D eigenvalue weighted by Gasteiger charge is -2.37. The Morgan fingerprint density at radius 2 is 1.76 bits per heavy atom. The lowest BCUT2D eigenvalue weighted by molar-refractivity contribution is -0.137. The van der Waals surface area contributed by atoms with Crippen LogP contribution in [-0.4, -0.2) is 73.0 Å². The molecule has 1 fully saturated rings. The summed E-state index contributed by atoms with van der Waals surface area (Å²) < 4.78 is 60.1. The number of alkyl halides is 3. The van der Waals surface area contributed by atoms with Crippen molar-refractivity contribution in [3.8, 4) is 17.0 Å². The molecule has 1 aliphatic rings. The van der Waals surface area contributed by atoms with Crippen molar-refractivity contribution in [2.75, 3.05) is 67.7 Å². The number of methoxy groups -OCH3 is 1. The molecule has 1 N–H and O–H groups in total. The molecule has 38 heavy (non-hydrogen) atoms. The molecule has 0 bridgehead atoms. The summed E-state index contributed by atoms with van der Waals surface area (Å²) in [6.07, 6.45) is -2.35. The highest BCUT2D eigenvalue weighted by molar-refractivity contribution is 5.66. The van der Waals surface area contributed by atoms with E-state index in [0.717, 1.165) is 12.5 Å². The van der Waals surface area contributed by atoms with E-state index in [1.807, 2.05) is 16.7 Å². The molecule has 0 radical (unpaired) electrons. The van der Waals surface area contributed by atoms with Crippen molar-refractivity contribution >= 4 is 17.6 Å². The van der Waals surface area contributed by atoms with E-state index in [1.165, 1.54) is 31.5 Å². The van der Waals surface area contributed by atoms with E-state index in [1.54, 1.807) is 17.0 Å². The van der Waals surface area contributed by atoms with E-state index in [4.69, 9.17) is 9.72 Å². The van der Waals surface area contributed by atoms with E-state index < -0.39 is 17.6 Å². The second-order valence-corrected chi connectivity index (χ2v) is 8.82. The molecule has 204 valence electrons. The number of hydrogen-bond acceptors (Lipinski definition) is 8. The fourth-order valence-corrected chi connectivity index (χ4v) is 4.42. The van der Waals surface area contributed by atoms with Crippen LogP contribution in [0.4, 0.5) is 35.1 Å². The predicted molar refractivity (Wildman–Crippen MR) is 137 cm³/mol. The largest absolute Gasteiger partial charge is 0.494 e. The second-order valence-electron chi connectivity index (χ2n) is 8.82. The van der Waals surface area contributed by atoms with Crippen LogP contribution < -0.4 is 19.4 Å². The van der Waals surface area contributed by atoms with E-state index >= 15 is 0 Å². The lowest BCUT2D eigenvalue weighted by atomic mass is 10.1. The van der Waals surface area contributed by atoms with Crippen molar-refractivity contribution in [2.24, 2.45) is 0 Å². The summed E-state index contributed by atoms with van der Waals surface area (Å²) in [7, 11) is 1.39. The monoisotopic (exact) mass is 534 g/mol. The molecular weight excluding hydrogens is 504 g/mol. The van der Waals surface area contributed by atoms with Gasteiger partial charge in [-0.2, -0.15) is 18.2 Å². The first-order chi connectivity index (χ1) is 18.2. The Balaban J connectivity index is 1.65. The van der Waals surface area contributed by atoms with Crippen LogP contribution in [0.1, 0.15) is 18.9 Å². The van der Waals surface area contributed by atoms with E-state index in [2.05, 4.69) is 9.97 Å². The van der Waals surface area contributed by atoms with Gasteiger partial charge in [-0.3, -0.25) is 0 Å². The Labute approximate surface area is 218 Å². The number of benzene rings is 1. The van der Waals surface area contributed by atoms with Crippen molar-refractivity contribution in [1.29, 1.82) is 0 Å². The van der Waals surface area contributed by atoms with Crippen LogP contribution >= 0.6 is 0 Å². The van der Waals surface area contributed by atoms with Gasteiger partial charge in [0.2, 0.25) is 5.95 Å². The molecule has 3 heterocycles. The van der Waals surface area contributed by atoms with E-state index in [9.17, 15) is 22.7 Å². The van der Waals surface area contributed by atoms with Crippen molar-refractivity contribution in [1.82, 2.24) is 15.0 Å². The summed E-state index contributed by atoms with van der Waals surface area (Å²) in [6, 6.07) is 8.62. The molecule has 0 aliphatic carbocycles. The number of ether oxygens (including phenoxy) is 1. The van der Waals surface area contributed by atoms with Crippen LogP contribution in [0.15, 0.2) is 42.6 Å². The van der Waals surface area contributed by atoms with E-state index in [-0.39, 0.29) is 18.2 Å². The van der Waals surface area contributed by atoms with Crippen LogP contribution in [-0.2, 0) is 6.18 Å². The normalized spacial score (nSPS) is 14.1. The molecule has 2 aromatic heterocycles. The fraction of sp³-hybridized carbons (Fsp3) is 0.423. The maximum absolute atomic E-state index is 14.5. The Kier molecular flexibility index (Phi) is 8.50. The molecule has 0 unspecified atom stereocenters. The first-order valence-electron chi connectivity index (χ1n) is 12.4. The number of pyridine rings is 1. The second kappa shape index (κ2) is 11.8. The number of nitrogens with zero attached hydrogens (tertiary/aromatic N) is 6. The van der Waals surface area contributed by atoms with Crippen molar-refractivity contribution in [3.63, 3.8) is 0 Å². The SMILES string of the molecule is CCCN(CCO)c1nc(-c2ccc(OC)c(F)c2)cc(N2CCN(c3ncccc3C(F)(F)F)CC2)n1. The number of aliphatic hydroxyl groups is 1. The summed E-state index contributed by atoms with van der Waals surface area (Å²) in [5, 5.41) is 9.58. The lowest BCUT2D eigenvalue weighted by Crippen LogP contribution is -2.47. The Morgan fingerprint density at radius 1 is 1.03 bits per heavy atom. The highest BCUT2D eigenvalue weighted by atomic mass is 19.4. The third-order valence-electron chi connectivity index (χ3n) is 6.29. The number of aromatic nitrogens is 3. The van der Waals surface area contributed by atoms with Crippen LogP contribution in [0.25, 0.3) is 11.3 Å². The topological polar surface area (TPSA) is 77.9 Å². The first kappa shape index (κ1) is 27.4. The molecule has 1 saturated heterocycles. The molecule has 1 aromatic carbocycles. The van der Waals surface area contributed by atoms with Gasteiger partial charge < -0.3 is 24.5 Å². The van der Waals surface area contributed by atoms with Gasteiger partial charge in [-0.1, -0.05) is 6.92 Å². The zero-order valence-corrected chi connectivity index (χ0v) is 21.2. The van der Waals surface area contributed by atoms with Gasteiger partial charge in [0, 0.05) is 57.1 Å². The number of halogens is 4. The van der Waals surface area contributed by atoms with Gasteiger partial charge in [0.15, 0.2) is 11.6 Å². The zero-order valence-electron chi connectivity index (χ0n) is 21.2. The number of anilines is 3. The van der Waals surface area contributed by atoms with Crippen LogP contribution in [0.2, 0.25) is 0 Å². The maximum atomic E-state index is 14.5. The third kappa shape index (κ3) is 6.07. The molecule has 3 aromatic rings. The average Bonchev–Trinajstić information content (AvgIpc) is 2.92. The minimum Gasteiger partial charge on any atom is -0.494 e. The van der Waals surface area contributed by atoms with E-state index in [0.29, 0.717) is 62.3 Å². The molecule has 4 rings (SSSR count).